The first-order chi connectivity index (χ1) is 12.6. The molecule has 0 aliphatic heterocycles. The fourth-order valence-electron chi connectivity index (χ4n) is 2.74. The Kier molecular flexibility index (Phi) is 4.36. The van der Waals surface area contributed by atoms with Crippen LogP contribution in [0.4, 0.5) is 0 Å². The molecule has 0 radical (unpaired) electrons. The van der Waals surface area contributed by atoms with E-state index in [2.05, 4.69) is 9.97 Å². The predicted octanol–water partition coefficient (Wildman–Crippen LogP) is 3.72. The maximum atomic E-state index is 13.2. The number of fused-ring (bicyclic) bond motifs is 1. The fraction of sp³-hybridized carbons (Fsp3) is 0.111. The lowest BCUT2D eigenvalue weighted by Gasteiger charge is -2.11. The van der Waals surface area contributed by atoms with E-state index in [9.17, 15) is 9.59 Å². The van der Waals surface area contributed by atoms with Gasteiger partial charge in [-0.25, -0.2) is 4.98 Å². The summed E-state index contributed by atoms with van der Waals surface area (Å²) in [4.78, 5) is 34.8. The molecule has 26 heavy (non-hydrogen) atoms. The highest BCUT2D eigenvalue weighted by Gasteiger charge is 2.19. The number of aromatic nitrogens is 3. The number of carboxylic acids is 1. The highest BCUT2D eigenvalue weighted by molar-refractivity contribution is 7.18. The average Bonchev–Trinajstić information content (AvgIpc) is 3.30. The molecule has 6 nitrogen and oxygen atoms in total. The Morgan fingerprint density at radius 2 is 2.08 bits per heavy atom. The van der Waals surface area contributed by atoms with E-state index in [-0.39, 0.29) is 18.5 Å². The fourth-order valence-corrected chi connectivity index (χ4v) is 4.50. The first kappa shape index (κ1) is 16.6. The lowest BCUT2D eigenvalue weighted by atomic mass is 10.2. The molecule has 0 saturated carbocycles. The molecule has 0 fully saturated rings. The van der Waals surface area contributed by atoms with Crippen molar-refractivity contribution in [2.45, 2.75) is 13.0 Å². The van der Waals surface area contributed by atoms with Crippen molar-refractivity contribution >= 4 is 38.9 Å². The minimum atomic E-state index is -0.965. The molecule has 1 N–H and O–H groups in total. The summed E-state index contributed by atoms with van der Waals surface area (Å²) in [6.45, 7) is 0.0444. The quantitative estimate of drug-likeness (QED) is 0.568. The second-order valence-electron chi connectivity index (χ2n) is 5.56. The van der Waals surface area contributed by atoms with Crippen molar-refractivity contribution in [3.8, 4) is 22.0 Å². The number of rotatable bonds is 5. The largest absolute Gasteiger partial charge is 0.481 e. The lowest BCUT2D eigenvalue weighted by Crippen LogP contribution is -2.24. The lowest BCUT2D eigenvalue weighted by molar-refractivity contribution is -0.137. The van der Waals surface area contributed by atoms with E-state index in [4.69, 9.17) is 5.11 Å². The summed E-state index contributed by atoms with van der Waals surface area (Å²) < 4.78 is 1.42. The molecule has 0 aromatic carbocycles. The highest BCUT2D eigenvalue weighted by atomic mass is 32.1. The first-order valence-corrected chi connectivity index (χ1v) is 9.60. The molecule has 0 spiro atoms. The van der Waals surface area contributed by atoms with Crippen LogP contribution in [-0.4, -0.2) is 25.6 Å². The normalized spacial score (nSPS) is 11.1. The van der Waals surface area contributed by atoms with Gasteiger partial charge in [-0.15, -0.1) is 22.7 Å². The Hall–Kier alpha value is -2.84. The number of carboxylic acid groups (broad SMARTS) is 1. The summed E-state index contributed by atoms with van der Waals surface area (Å²) in [5, 5.41) is 13.5. The molecule has 130 valence electrons. The van der Waals surface area contributed by atoms with Crippen LogP contribution in [0.5, 0.6) is 0 Å². The van der Waals surface area contributed by atoms with Crippen molar-refractivity contribution in [3.05, 3.63) is 57.6 Å². The minimum Gasteiger partial charge on any atom is -0.481 e. The Balaban J connectivity index is 1.98. The Morgan fingerprint density at radius 3 is 2.77 bits per heavy atom. The highest BCUT2D eigenvalue weighted by Crippen LogP contribution is 2.34. The maximum absolute atomic E-state index is 13.2. The third-order valence-corrected chi connectivity index (χ3v) is 5.70. The van der Waals surface area contributed by atoms with Crippen molar-refractivity contribution in [3.63, 3.8) is 0 Å². The van der Waals surface area contributed by atoms with Gasteiger partial charge in [0.1, 0.15) is 10.5 Å². The van der Waals surface area contributed by atoms with Crippen LogP contribution >= 0.6 is 22.7 Å². The Morgan fingerprint density at radius 1 is 1.19 bits per heavy atom. The van der Waals surface area contributed by atoms with Crippen LogP contribution in [0.3, 0.4) is 0 Å². The molecule has 0 unspecified atom stereocenters. The molecule has 4 rings (SSSR count). The number of hydrogen-bond acceptors (Lipinski definition) is 6. The van der Waals surface area contributed by atoms with Crippen LogP contribution in [0.25, 0.3) is 32.2 Å². The van der Waals surface area contributed by atoms with Crippen molar-refractivity contribution in [1.82, 2.24) is 14.5 Å². The first-order valence-electron chi connectivity index (χ1n) is 7.84. The monoisotopic (exact) mass is 383 g/mol. The molecular weight excluding hydrogens is 370 g/mol. The average molecular weight is 383 g/mol. The van der Waals surface area contributed by atoms with Gasteiger partial charge in [0.15, 0.2) is 5.82 Å². The van der Waals surface area contributed by atoms with E-state index >= 15 is 0 Å². The molecule has 0 atom stereocenters. The third-order valence-electron chi connectivity index (χ3n) is 3.92. The van der Waals surface area contributed by atoms with Crippen LogP contribution in [0.15, 0.2) is 52.1 Å². The Bertz CT molecular complexity index is 1130. The molecule has 4 aromatic heterocycles. The van der Waals surface area contributed by atoms with Gasteiger partial charge in [0, 0.05) is 28.6 Å². The molecule has 0 aliphatic rings. The number of aliphatic carboxylic acids is 1. The van der Waals surface area contributed by atoms with Gasteiger partial charge in [-0.05, 0) is 23.6 Å². The third kappa shape index (κ3) is 2.93. The zero-order chi connectivity index (χ0) is 18.1. The summed E-state index contributed by atoms with van der Waals surface area (Å²) >= 11 is 2.96. The number of hydrogen-bond donors (Lipinski definition) is 1. The molecule has 4 heterocycles. The van der Waals surface area contributed by atoms with Gasteiger partial charge < -0.3 is 5.11 Å². The van der Waals surface area contributed by atoms with Crippen LogP contribution in [0.2, 0.25) is 0 Å². The van der Waals surface area contributed by atoms with E-state index in [1.54, 1.807) is 29.7 Å². The van der Waals surface area contributed by atoms with Crippen molar-refractivity contribution < 1.29 is 9.90 Å². The number of thiophene rings is 2. The van der Waals surface area contributed by atoms with E-state index in [1.165, 1.54) is 15.9 Å². The summed E-state index contributed by atoms with van der Waals surface area (Å²) in [6.07, 6.45) is 1.46. The van der Waals surface area contributed by atoms with Crippen molar-refractivity contribution in [1.29, 1.82) is 0 Å². The van der Waals surface area contributed by atoms with Crippen LogP contribution in [0.1, 0.15) is 6.42 Å². The number of nitrogens with zero attached hydrogens (tertiary/aromatic N) is 3. The molecule has 0 aliphatic carbocycles. The summed E-state index contributed by atoms with van der Waals surface area (Å²) in [5.74, 6) is -0.573. The van der Waals surface area contributed by atoms with Crippen LogP contribution in [0, 0.1) is 0 Å². The van der Waals surface area contributed by atoms with Gasteiger partial charge in [0.2, 0.25) is 0 Å². The van der Waals surface area contributed by atoms with Crippen LogP contribution < -0.4 is 5.56 Å². The van der Waals surface area contributed by atoms with E-state index in [1.807, 2.05) is 29.0 Å². The predicted molar refractivity (Wildman–Crippen MR) is 103 cm³/mol. The number of carbonyl (C=O) groups is 1. The van der Waals surface area contributed by atoms with Gasteiger partial charge >= 0.3 is 5.97 Å². The topological polar surface area (TPSA) is 85.1 Å². The van der Waals surface area contributed by atoms with Crippen molar-refractivity contribution in [2.24, 2.45) is 0 Å². The maximum Gasteiger partial charge on any atom is 0.305 e. The number of pyridine rings is 1. The standard InChI is InChI=1S/C18H13N3O3S2/c22-14(23)6-8-21-16(12-4-1-2-7-19-12)20-17-15(18(21)24)11(10-26-17)13-5-3-9-25-13/h1-5,7,9-10H,6,8H2,(H,22,23). The van der Waals surface area contributed by atoms with Gasteiger partial charge in [-0.2, -0.15) is 0 Å². The van der Waals surface area contributed by atoms with E-state index in [0.29, 0.717) is 21.7 Å². The van der Waals surface area contributed by atoms with Gasteiger partial charge in [-0.1, -0.05) is 12.1 Å². The van der Waals surface area contributed by atoms with E-state index in [0.717, 1.165) is 10.4 Å². The summed E-state index contributed by atoms with van der Waals surface area (Å²) in [5.41, 5.74) is 1.15. The zero-order valence-electron chi connectivity index (χ0n) is 13.5. The van der Waals surface area contributed by atoms with Crippen molar-refractivity contribution in [2.75, 3.05) is 0 Å². The summed E-state index contributed by atoms with van der Waals surface area (Å²) in [7, 11) is 0. The van der Waals surface area contributed by atoms with Gasteiger partial charge in [0.05, 0.1) is 11.8 Å². The second-order valence-corrected chi connectivity index (χ2v) is 7.36. The second kappa shape index (κ2) is 6.81. The zero-order valence-corrected chi connectivity index (χ0v) is 15.1. The molecular formula is C18H13N3O3S2. The van der Waals surface area contributed by atoms with Crippen LogP contribution in [-0.2, 0) is 11.3 Å². The molecule has 4 aromatic rings. The molecule has 0 bridgehead atoms. The van der Waals surface area contributed by atoms with Gasteiger partial charge in [0.25, 0.3) is 5.56 Å². The molecule has 0 amide bonds. The SMILES string of the molecule is O=C(O)CCn1c(-c2ccccn2)nc2scc(-c3cccs3)c2c1=O. The van der Waals surface area contributed by atoms with E-state index < -0.39 is 5.97 Å². The summed E-state index contributed by atoms with van der Waals surface area (Å²) in [6, 6.07) is 9.24. The minimum absolute atomic E-state index is 0.0444. The van der Waals surface area contributed by atoms with Gasteiger partial charge in [-0.3, -0.25) is 19.1 Å². The molecule has 8 heteroatoms. The Labute approximate surface area is 156 Å². The smallest absolute Gasteiger partial charge is 0.305 e. The molecule has 0 saturated heterocycles.